The second kappa shape index (κ2) is 8.55. The summed E-state index contributed by atoms with van der Waals surface area (Å²) in [7, 11) is 0. The zero-order valence-electron chi connectivity index (χ0n) is 20.5. The number of amides is 1. The van der Waals surface area contributed by atoms with Gasteiger partial charge in [-0.2, -0.15) is 10.2 Å². The van der Waals surface area contributed by atoms with Crippen LogP contribution in [0.1, 0.15) is 37.4 Å². The number of hydrogen-bond acceptors (Lipinski definition) is 4. The highest BCUT2D eigenvalue weighted by Crippen LogP contribution is 2.44. The first-order valence-electron chi connectivity index (χ1n) is 12.7. The lowest BCUT2D eigenvalue weighted by Crippen LogP contribution is -2.49. The number of rotatable bonds is 4. The van der Waals surface area contributed by atoms with Gasteiger partial charge in [-0.3, -0.25) is 14.6 Å². The van der Waals surface area contributed by atoms with Crippen molar-refractivity contribution in [1.82, 2.24) is 29.4 Å². The van der Waals surface area contributed by atoms with Crippen LogP contribution in [0.4, 0.5) is 4.39 Å². The smallest absolute Gasteiger partial charge is 0.219 e. The maximum atomic E-state index is 13.9. The standard InChI is InChI=1S/C28H27FN6O2/c1-17(36)33-15-23(16-33)34-14-20(13-31-34)27-24-11-25-19(12-30-32-25)10-26(24)35(22-4-2-21(29)3-5-22)28(27)18-6-8-37-9-7-18/h2-5,10-14,18,23H,6-9,15-16H2,1H3,(H,30,32). The summed E-state index contributed by atoms with van der Waals surface area (Å²) in [5, 5.41) is 14.2. The average molecular weight is 499 g/mol. The molecule has 0 spiro atoms. The average Bonchev–Trinajstić information content (AvgIpc) is 3.60. The third-order valence-corrected chi connectivity index (χ3v) is 7.83. The Kier molecular flexibility index (Phi) is 5.14. The molecule has 2 saturated heterocycles. The fraction of sp³-hybridized carbons (Fsp3) is 0.321. The molecule has 3 aromatic heterocycles. The van der Waals surface area contributed by atoms with Crippen LogP contribution in [0.2, 0.25) is 0 Å². The summed E-state index contributed by atoms with van der Waals surface area (Å²) in [6, 6.07) is 11.2. The van der Waals surface area contributed by atoms with E-state index in [0.29, 0.717) is 26.3 Å². The van der Waals surface area contributed by atoms with Gasteiger partial charge >= 0.3 is 0 Å². The van der Waals surface area contributed by atoms with Gasteiger partial charge in [-0.1, -0.05) is 0 Å². The van der Waals surface area contributed by atoms with E-state index in [0.717, 1.165) is 51.5 Å². The van der Waals surface area contributed by atoms with Crippen LogP contribution in [-0.4, -0.2) is 61.7 Å². The van der Waals surface area contributed by atoms with Crippen molar-refractivity contribution >= 4 is 27.7 Å². The molecule has 0 aliphatic carbocycles. The van der Waals surface area contributed by atoms with Crippen LogP contribution < -0.4 is 0 Å². The first-order chi connectivity index (χ1) is 18.1. The molecule has 1 N–H and O–H groups in total. The number of hydrogen-bond donors (Lipinski definition) is 1. The highest BCUT2D eigenvalue weighted by Gasteiger charge is 2.32. The largest absolute Gasteiger partial charge is 0.381 e. The predicted molar refractivity (Wildman–Crippen MR) is 138 cm³/mol. The Bertz CT molecular complexity index is 1620. The molecule has 0 saturated carbocycles. The van der Waals surface area contributed by atoms with Crippen molar-refractivity contribution in [2.24, 2.45) is 0 Å². The van der Waals surface area contributed by atoms with Crippen molar-refractivity contribution < 1.29 is 13.9 Å². The molecule has 0 bridgehead atoms. The number of carbonyl (C=O) groups excluding carboxylic acids is 1. The minimum atomic E-state index is -0.258. The minimum absolute atomic E-state index is 0.0939. The number of halogens is 1. The number of ether oxygens (including phenoxy) is 1. The number of likely N-dealkylation sites (tertiary alicyclic amines) is 1. The van der Waals surface area contributed by atoms with Crippen molar-refractivity contribution in [3.63, 3.8) is 0 Å². The van der Waals surface area contributed by atoms with Gasteiger partial charge in [-0.25, -0.2) is 4.39 Å². The Morgan fingerprint density at radius 1 is 1.11 bits per heavy atom. The van der Waals surface area contributed by atoms with E-state index < -0.39 is 0 Å². The number of aromatic nitrogens is 5. The van der Waals surface area contributed by atoms with Gasteiger partial charge in [0.15, 0.2) is 0 Å². The number of carbonyl (C=O) groups is 1. The van der Waals surface area contributed by atoms with Gasteiger partial charge in [0.1, 0.15) is 5.82 Å². The first kappa shape index (κ1) is 22.2. The highest BCUT2D eigenvalue weighted by molar-refractivity contribution is 6.05. The Labute approximate surface area is 212 Å². The van der Waals surface area contributed by atoms with Crippen molar-refractivity contribution in [2.45, 2.75) is 31.7 Å². The van der Waals surface area contributed by atoms with Gasteiger partial charge in [-0.15, -0.1) is 0 Å². The summed E-state index contributed by atoms with van der Waals surface area (Å²) >= 11 is 0. The van der Waals surface area contributed by atoms with E-state index in [1.165, 1.54) is 17.8 Å². The summed E-state index contributed by atoms with van der Waals surface area (Å²) in [5.74, 6) is 0.112. The Balaban J connectivity index is 1.46. The second-order valence-corrected chi connectivity index (χ2v) is 10.1. The van der Waals surface area contributed by atoms with Crippen molar-refractivity contribution in [2.75, 3.05) is 26.3 Å². The van der Waals surface area contributed by atoms with Crippen molar-refractivity contribution in [3.8, 4) is 16.8 Å². The molecular formula is C28H27FN6O2. The summed E-state index contributed by atoms with van der Waals surface area (Å²) in [6.45, 7) is 4.38. The number of fused-ring (bicyclic) bond motifs is 2. The molecule has 0 atom stereocenters. The van der Waals surface area contributed by atoms with Gasteiger partial charge in [-0.05, 0) is 49.2 Å². The van der Waals surface area contributed by atoms with Crippen LogP contribution in [-0.2, 0) is 9.53 Å². The molecular weight excluding hydrogens is 471 g/mol. The number of aromatic amines is 1. The molecule has 0 radical (unpaired) electrons. The van der Waals surface area contributed by atoms with Crippen LogP contribution in [0.15, 0.2) is 55.0 Å². The first-order valence-corrected chi connectivity index (χ1v) is 12.7. The lowest BCUT2D eigenvalue weighted by Gasteiger charge is -2.38. The van der Waals surface area contributed by atoms with Crippen LogP contribution in [0, 0.1) is 5.82 Å². The molecule has 37 heavy (non-hydrogen) atoms. The maximum absolute atomic E-state index is 13.9. The zero-order chi connectivity index (χ0) is 25.1. The predicted octanol–water partition coefficient (Wildman–Crippen LogP) is 4.81. The number of benzene rings is 2. The fourth-order valence-electron chi connectivity index (χ4n) is 5.82. The Morgan fingerprint density at radius 2 is 1.89 bits per heavy atom. The molecule has 2 aliphatic rings. The molecule has 5 heterocycles. The van der Waals surface area contributed by atoms with Gasteiger partial charge in [0.05, 0.1) is 29.5 Å². The van der Waals surface area contributed by atoms with Crippen LogP contribution in [0.5, 0.6) is 0 Å². The SMILES string of the molecule is CC(=O)N1CC(n2cc(-c3c(C4CCOCC4)n(-c4ccc(F)cc4)c4cc5cn[nH]c5cc34)cn2)C1. The molecule has 8 nitrogen and oxygen atoms in total. The Morgan fingerprint density at radius 3 is 2.65 bits per heavy atom. The molecule has 2 aromatic carbocycles. The van der Waals surface area contributed by atoms with E-state index >= 15 is 0 Å². The van der Waals surface area contributed by atoms with Gasteiger partial charge in [0.2, 0.25) is 5.91 Å². The minimum Gasteiger partial charge on any atom is -0.381 e. The number of nitrogens with zero attached hydrogens (tertiary/aromatic N) is 5. The van der Waals surface area contributed by atoms with E-state index in [1.54, 1.807) is 6.92 Å². The monoisotopic (exact) mass is 498 g/mol. The van der Waals surface area contributed by atoms with E-state index in [4.69, 9.17) is 9.84 Å². The molecule has 2 fully saturated rings. The summed E-state index contributed by atoms with van der Waals surface area (Å²) in [5.41, 5.74) is 6.31. The topological polar surface area (TPSA) is 81.0 Å². The van der Waals surface area contributed by atoms with E-state index in [2.05, 4.69) is 33.1 Å². The maximum Gasteiger partial charge on any atom is 0.219 e. The molecule has 188 valence electrons. The second-order valence-electron chi connectivity index (χ2n) is 10.1. The highest BCUT2D eigenvalue weighted by atomic mass is 19.1. The number of nitrogens with one attached hydrogen (secondary N) is 1. The third kappa shape index (κ3) is 3.64. The van der Waals surface area contributed by atoms with Crippen LogP contribution in [0.25, 0.3) is 38.6 Å². The van der Waals surface area contributed by atoms with E-state index in [9.17, 15) is 9.18 Å². The van der Waals surface area contributed by atoms with Crippen LogP contribution in [0.3, 0.4) is 0 Å². The Hall–Kier alpha value is -3.98. The third-order valence-electron chi connectivity index (χ3n) is 7.83. The molecule has 7 rings (SSSR count). The fourth-order valence-corrected chi connectivity index (χ4v) is 5.82. The van der Waals surface area contributed by atoms with Crippen LogP contribution >= 0.6 is 0 Å². The summed E-state index contributed by atoms with van der Waals surface area (Å²) in [6.07, 6.45) is 7.69. The quantitative estimate of drug-likeness (QED) is 0.386. The van der Waals surface area contributed by atoms with E-state index in [-0.39, 0.29) is 23.7 Å². The molecule has 2 aliphatic heterocycles. The van der Waals surface area contributed by atoms with Gasteiger partial charge in [0.25, 0.3) is 0 Å². The summed E-state index contributed by atoms with van der Waals surface area (Å²) < 4.78 is 23.9. The number of H-pyrrole nitrogens is 1. The molecule has 9 heteroatoms. The molecule has 0 unspecified atom stereocenters. The van der Waals surface area contributed by atoms with Gasteiger partial charge in [0, 0.05) is 78.6 Å². The molecule has 5 aromatic rings. The zero-order valence-corrected chi connectivity index (χ0v) is 20.5. The molecule has 1 amide bonds. The van der Waals surface area contributed by atoms with Crippen molar-refractivity contribution in [3.05, 3.63) is 66.5 Å². The normalized spacial score (nSPS) is 17.1. The lowest BCUT2D eigenvalue weighted by atomic mass is 9.90. The van der Waals surface area contributed by atoms with Gasteiger partial charge < -0.3 is 14.2 Å². The van der Waals surface area contributed by atoms with Crippen molar-refractivity contribution in [1.29, 1.82) is 0 Å². The lowest BCUT2D eigenvalue weighted by molar-refractivity contribution is -0.134. The summed E-state index contributed by atoms with van der Waals surface area (Å²) in [4.78, 5) is 13.5. The van der Waals surface area contributed by atoms with E-state index in [1.807, 2.05) is 34.1 Å².